The highest BCUT2D eigenvalue weighted by atomic mass is 32.2. The molecule has 0 amide bonds. The van der Waals surface area contributed by atoms with Crippen LogP contribution in [0.4, 0.5) is 5.82 Å². The fourth-order valence-electron chi connectivity index (χ4n) is 1.92. The SMILES string of the molecule is CCc1ccc(S(=O)(=O)NCCS(=O)(=O)Nc2cc(C)on2)cc1. The topological polar surface area (TPSA) is 118 Å². The van der Waals surface area contributed by atoms with E-state index >= 15 is 0 Å². The van der Waals surface area contributed by atoms with Crippen LogP contribution in [-0.2, 0) is 26.5 Å². The Labute approximate surface area is 141 Å². The molecule has 132 valence electrons. The van der Waals surface area contributed by atoms with Crippen LogP contribution in [0.25, 0.3) is 0 Å². The summed E-state index contributed by atoms with van der Waals surface area (Å²) in [6, 6.07) is 7.86. The summed E-state index contributed by atoms with van der Waals surface area (Å²) in [6.45, 7) is 3.34. The monoisotopic (exact) mass is 373 g/mol. The van der Waals surface area contributed by atoms with Gasteiger partial charge >= 0.3 is 0 Å². The summed E-state index contributed by atoms with van der Waals surface area (Å²) in [7, 11) is -7.49. The summed E-state index contributed by atoms with van der Waals surface area (Å²) in [6.07, 6.45) is 0.805. The highest BCUT2D eigenvalue weighted by molar-refractivity contribution is 7.92. The number of anilines is 1. The number of nitrogens with zero attached hydrogens (tertiary/aromatic N) is 1. The summed E-state index contributed by atoms with van der Waals surface area (Å²) >= 11 is 0. The first kappa shape index (κ1) is 18.4. The molecule has 1 aromatic carbocycles. The average Bonchev–Trinajstić information content (AvgIpc) is 2.91. The fourth-order valence-corrected chi connectivity index (χ4v) is 3.97. The van der Waals surface area contributed by atoms with E-state index in [1.165, 1.54) is 18.2 Å². The molecule has 0 saturated carbocycles. The third kappa shape index (κ3) is 5.05. The van der Waals surface area contributed by atoms with E-state index in [0.717, 1.165) is 12.0 Å². The van der Waals surface area contributed by atoms with Gasteiger partial charge in [0.25, 0.3) is 0 Å². The molecule has 8 nitrogen and oxygen atoms in total. The quantitative estimate of drug-likeness (QED) is 0.719. The lowest BCUT2D eigenvalue weighted by Crippen LogP contribution is -2.31. The van der Waals surface area contributed by atoms with Gasteiger partial charge in [-0.3, -0.25) is 4.72 Å². The molecule has 0 aliphatic rings. The van der Waals surface area contributed by atoms with Crippen molar-refractivity contribution in [1.29, 1.82) is 0 Å². The average molecular weight is 373 g/mol. The first-order valence-electron chi connectivity index (χ1n) is 7.24. The molecule has 2 N–H and O–H groups in total. The van der Waals surface area contributed by atoms with E-state index in [2.05, 4.69) is 14.6 Å². The summed E-state index contributed by atoms with van der Waals surface area (Å²) in [5.41, 5.74) is 1.02. The molecule has 1 aromatic heterocycles. The highest BCUT2D eigenvalue weighted by Crippen LogP contribution is 2.11. The van der Waals surface area contributed by atoms with Crippen LogP contribution in [0.5, 0.6) is 0 Å². The van der Waals surface area contributed by atoms with Gasteiger partial charge in [-0.1, -0.05) is 24.2 Å². The molecule has 1 heterocycles. The van der Waals surface area contributed by atoms with Gasteiger partial charge < -0.3 is 4.52 Å². The van der Waals surface area contributed by atoms with Crippen LogP contribution in [0.15, 0.2) is 39.8 Å². The lowest BCUT2D eigenvalue weighted by atomic mass is 10.2. The van der Waals surface area contributed by atoms with E-state index in [9.17, 15) is 16.8 Å². The standard InChI is InChI=1S/C14H19N3O5S2/c1-3-12-4-6-13(7-5-12)24(20,21)15-8-9-23(18,19)17-14-10-11(2)22-16-14/h4-7,10,15H,3,8-9H2,1-2H3,(H,16,17). The summed E-state index contributed by atoms with van der Waals surface area (Å²) in [4.78, 5) is 0.0946. The lowest BCUT2D eigenvalue weighted by molar-refractivity contribution is 0.400. The van der Waals surface area contributed by atoms with Crippen LogP contribution < -0.4 is 9.44 Å². The van der Waals surface area contributed by atoms with Gasteiger partial charge in [-0.15, -0.1) is 0 Å². The summed E-state index contributed by atoms with van der Waals surface area (Å²) in [5, 5.41) is 3.52. The molecule has 0 unspecified atom stereocenters. The third-order valence-corrected chi connectivity index (χ3v) is 5.93. The molecule has 2 aromatic rings. The maximum atomic E-state index is 12.1. The lowest BCUT2D eigenvalue weighted by Gasteiger charge is -2.08. The van der Waals surface area contributed by atoms with E-state index < -0.39 is 25.8 Å². The van der Waals surface area contributed by atoms with Gasteiger partial charge in [0.2, 0.25) is 20.0 Å². The van der Waals surface area contributed by atoms with Crippen molar-refractivity contribution in [3.05, 3.63) is 41.7 Å². The molecule has 0 atom stereocenters. The number of aromatic nitrogens is 1. The molecule has 24 heavy (non-hydrogen) atoms. The van der Waals surface area contributed by atoms with Crippen LogP contribution in [-0.4, -0.2) is 34.3 Å². The molecule has 10 heteroatoms. The van der Waals surface area contributed by atoms with Crippen LogP contribution >= 0.6 is 0 Å². The second-order valence-electron chi connectivity index (χ2n) is 5.14. The zero-order valence-electron chi connectivity index (χ0n) is 13.3. The summed E-state index contributed by atoms with van der Waals surface area (Å²) in [5.74, 6) is 0.0972. The molecular formula is C14H19N3O5S2. The maximum absolute atomic E-state index is 12.1. The Balaban J connectivity index is 1.94. The van der Waals surface area contributed by atoms with Crippen molar-refractivity contribution in [2.75, 3.05) is 17.0 Å². The molecule has 0 aliphatic carbocycles. The number of rotatable bonds is 8. The first-order chi connectivity index (χ1) is 11.2. The van der Waals surface area contributed by atoms with Crippen molar-refractivity contribution < 1.29 is 21.4 Å². The van der Waals surface area contributed by atoms with Gasteiger partial charge in [0.05, 0.1) is 10.6 Å². The van der Waals surface area contributed by atoms with Crippen LogP contribution in [0.2, 0.25) is 0 Å². The van der Waals surface area contributed by atoms with Crippen LogP contribution in [0, 0.1) is 6.92 Å². The van der Waals surface area contributed by atoms with E-state index in [0.29, 0.717) is 5.76 Å². The smallest absolute Gasteiger partial charge is 0.240 e. The number of hydrogen-bond donors (Lipinski definition) is 2. The van der Waals surface area contributed by atoms with Gasteiger partial charge in [0.15, 0.2) is 5.82 Å². The predicted molar refractivity (Wildman–Crippen MR) is 89.7 cm³/mol. The van der Waals surface area contributed by atoms with Crippen molar-refractivity contribution in [1.82, 2.24) is 9.88 Å². The normalized spacial score (nSPS) is 12.2. The first-order valence-corrected chi connectivity index (χ1v) is 10.4. The molecule has 2 rings (SSSR count). The zero-order chi connectivity index (χ0) is 17.8. The molecule has 0 fully saturated rings. The van der Waals surface area contributed by atoms with Gasteiger partial charge in [0, 0.05) is 12.6 Å². The number of sulfonamides is 2. The van der Waals surface area contributed by atoms with E-state index in [-0.39, 0.29) is 17.3 Å². The molecule has 0 saturated heterocycles. The molecule has 0 aliphatic heterocycles. The minimum absolute atomic E-state index is 0.0607. The Morgan fingerprint density at radius 2 is 1.79 bits per heavy atom. The molecule has 0 radical (unpaired) electrons. The molecule has 0 spiro atoms. The fraction of sp³-hybridized carbons (Fsp3) is 0.357. The van der Waals surface area contributed by atoms with E-state index in [4.69, 9.17) is 4.52 Å². The van der Waals surface area contributed by atoms with Crippen molar-refractivity contribution in [3.8, 4) is 0 Å². The second-order valence-corrected chi connectivity index (χ2v) is 8.75. The van der Waals surface area contributed by atoms with Gasteiger partial charge in [-0.2, -0.15) is 0 Å². The minimum atomic E-state index is -3.75. The van der Waals surface area contributed by atoms with Crippen molar-refractivity contribution in [3.63, 3.8) is 0 Å². The Hall–Kier alpha value is -1.91. The second kappa shape index (κ2) is 7.32. The maximum Gasteiger partial charge on any atom is 0.240 e. The largest absolute Gasteiger partial charge is 0.360 e. The zero-order valence-corrected chi connectivity index (χ0v) is 14.9. The molecule has 0 bridgehead atoms. The van der Waals surface area contributed by atoms with Crippen molar-refractivity contribution >= 4 is 25.9 Å². The predicted octanol–water partition coefficient (Wildman–Crippen LogP) is 1.27. The van der Waals surface area contributed by atoms with Crippen LogP contribution in [0.1, 0.15) is 18.2 Å². The van der Waals surface area contributed by atoms with E-state index in [1.54, 1.807) is 19.1 Å². The Morgan fingerprint density at radius 3 is 2.33 bits per heavy atom. The minimum Gasteiger partial charge on any atom is -0.360 e. The van der Waals surface area contributed by atoms with Crippen molar-refractivity contribution in [2.45, 2.75) is 25.2 Å². The highest BCUT2D eigenvalue weighted by Gasteiger charge is 2.17. The molecular weight excluding hydrogens is 354 g/mol. The number of benzene rings is 1. The van der Waals surface area contributed by atoms with E-state index in [1.807, 2.05) is 6.92 Å². The number of aryl methyl sites for hydroxylation is 2. The van der Waals surface area contributed by atoms with Crippen LogP contribution in [0.3, 0.4) is 0 Å². The third-order valence-electron chi connectivity index (χ3n) is 3.19. The van der Waals surface area contributed by atoms with Gasteiger partial charge in [-0.25, -0.2) is 21.6 Å². The van der Waals surface area contributed by atoms with Crippen molar-refractivity contribution in [2.24, 2.45) is 0 Å². The summed E-state index contributed by atoms with van der Waals surface area (Å²) < 4.78 is 57.3. The number of hydrogen-bond acceptors (Lipinski definition) is 6. The van der Waals surface area contributed by atoms with Gasteiger partial charge in [-0.05, 0) is 31.0 Å². The Bertz CT molecular complexity index is 887. The Kier molecular flexibility index (Phi) is 5.62. The number of nitrogens with one attached hydrogen (secondary N) is 2. The Morgan fingerprint density at radius 1 is 1.12 bits per heavy atom. The van der Waals surface area contributed by atoms with Gasteiger partial charge in [0.1, 0.15) is 5.76 Å².